The number of nitrogens with zero attached hydrogens (tertiary/aromatic N) is 3. The summed E-state index contributed by atoms with van der Waals surface area (Å²) in [6, 6.07) is 12.2. The highest BCUT2D eigenvalue weighted by Crippen LogP contribution is 2.23. The number of amides is 1. The zero-order valence-electron chi connectivity index (χ0n) is 13.7. The van der Waals surface area contributed by atoms with Gasteiger partial charge in [-0.25, -0.2) is 0 Å². The van der Waals surface area contributed by atoms with Crippen molar-refractivity contribution < 1.29 is 18.9 Å². The van der Waals surface area contributed by atoms with Gasteiger partial charge in [0.05, 0.1) is 11.5 Å². The summed E-state index contributed by atoms with van der Waals surface area (Å²) in [4.78, 5) is 22.2. The van der Waals surface area contributed by atoms with E-state index in [-0.39, 0.29) is 23.2 Å². The molecule has 26 heavy (non-hydrogen) atoms. The Morgan fingerprint density at radius 3 is 2.46 bits per heavy atom. The van der Waals surface area contributed by atoms with Crippen LogP contribution >= 0.6 is 0 Å². The molecule has 0 aliphatic carbocycles. The molecule has 0 unspecified atom stereocenters. The van der Waals surface area contributed by atoms with E-state index < -0.39 is 10.8 Å². The van der Waals surface area contributed by atoms with E-state index >= 15 is 0 Å². The predicted octanol–water partition coefficient (Wildman–Crippen LogP) is 3.30. The number of nitro groups is 1. The predicted molar refractivity (Wildman–Crippen MR) is 92.0 cm³/mol. The van der Waals surface area contributed by atoms with Crippen LogP contribution in [0.2, 0.25) is 0 Å². The third-order valence-electron chi connectivity index (χ3n) is 3.40. The number of aromatic nitrogens is 2. The molecular formula is C17H14N4O5. The molecule has 3 aromatic rings. The van der Waals surface area contributed by atoms with Crippen LogP contribution in [-0.2, 0) is 0 Å². The normalized spacial score (nSPS) is 10.3. The zero-order valence-corrected chi connectivity index (χ0v) is 13.7. The van der Waals surface area contributed by atoms with Gasteiger partial charge < -0.3 is 9.15 Å². The first kappa shape index (κ1) is 17.1. The lowest BCUT2D eigenvalue weighted by molar-refractivity contribution is -0.384. The van der Waals surface area contributed by atoms with Crippen molar-refractivity contribution in [3.63, 3.8) is 0 Å². The number of carbonyl (C=O) groups is 1. The minimum absolute atomic E-state index is 0.0720. The van der Waals surface area contributed by atoms with Crippen molar-refractivity contribution in [1.29, 1.82) is 0 Å². The molecule has 0 aliphatic heterocycles. The number of carbonyl (C=O) groups excluding carboxylic acids is 1. The molecule has 1 aromatic heterocycles. The second-order valence-electron chi connectivity index (χ2n) is 5.13. The van der Waals surface area contributed by atoms with Gasteiger partial charge in [0.15, 0.2) is 0 Å². The van der Waals surface area contributed by atoms with Crippen LogP contribution in [0.1, 0.15) is 17.3 Å². The minimum Gasteiger partial charge on any atom is -0.494 e. The number of hydrogen-bond donors (Lipinski definition) is 1. The number of benzene rings is 2. The van der Waals surface area contributed by atoms with Crippen molar-refractivity contribution in [3.05, 3.63) is 64.2 Å². The Bertz CT molecular complexity index is 919. The van der Waals surface area contributed by atoms with Crippen molar-refractivity contribution in [3.8, 4) is 17.2 Å². The van der Waals surface area contributed by atoms with Gasteiger partial charge in [0.25, 0.3) is 11.6 Å². The maximum absolute atomic E-state index is 12.1. The van der Waals surface area contributed by atoms with E-state index in [1.807, 2.05) is 6.92 Å². The summed E-state index contributed by atoms with van der Waals surface area (Å²) in [7, 11) is 0. The van der Waals surface area contributed by atoms with E-state index in [1.165, 1.54) is 24.3 Å². The van der Waals surface area contributed by atoms with Gasteiger partial charge in [-0.3, -0.25) is 20.2 Å². The molecule has 0 radical (unpaired) electrons. The summed E-state index contributed by atoms with van der Waals surface area (Å²) in [5.74, 6) is 0.455. The van der Waals surface area contributed by atoms with Crippen molar-refractivity contribution in [2.24, 2.45) is 0 Å². The van der Waals surface area contributed by atoms with E-state index in [4.69, 9.17) is 9.15 Å². The monoisotopic (exact) mass is 354 g/mol. The lowest BCUT2D eigenvalue weighted by Crippen LogP contribution is -2.12. The van der Waals surface area contributed by atoms with Gasteiger partial charge in [-0.2, -0.15) is 0 Å². The van der Waals surface area contributed by atoms with Crippen molar-refractivity contribution >= 4 is 17.6 Å². The Labute approximate surface area is 147 Å². The number of hydrogen-bond acceptors (Lipinski definition) is 7. The first-order chi connectivity index (χ1) is 12.6. The van der Waals surface area contributed by atoms with Crippen LogP contribution in [0.3, 0.4) is 0 Å². The lowest BCUT2D eigenvalue weighted by atomic mass is 10.2. The summed E-state index contributed by atoms with van der Waals surface area (Å²) < 4.78 is 10.8. The Hall–Kier alpha value is -3.75. The second kappa shape index (κ2) is 7.43. The average molecular weight is 354 g/mol. The molecule has 9 nitrogen and oxygen atoms in total. The first-order valence-corrected chi connectivity index (χ1v) is 7.69. The molecule has 0 atom stereocenters. The first-order valence-electron chi connectivity index (χ1n) is 7.69. The van der Waals surface area contributed by atoms with E-state index in [0.29, 0.717) is 12.2 Å². The van der Waals surface area contributed by atoms with E-state index in [2.05, 4.69) is 15.5 Å². The Kier molecular flexibility index (Phi) is 4.88. The molecule has 0 saturated carbocycles. The molecular weight excluding hydrogens is 340 g/mol. The van der Waals surface area contributed by atoms with Crippen molar-refractivity contribution in [1.82, 2.24) is 10.2 Å². The fourth-order valence-corrected chi connectivity index (χ4v) is 2.15. The maximum atomic E-state index is 12.1. The van der Waals surface area contributed by atoms with Crippen LogP contribution in [0.15, 0.2) is 52.9 Å². The summed E-state index contributed by atoms with van der Waals surface area (Å²) in [6.07, 6.45) is 0. The molecule has 0 spiro atoms. The van der Waals surface area contributed by atoms with Gasteiger partial charge in [-0.1, -0.05) is 5.10 Å². The second-order valence-corrected chi connectivity index (χ2v) is 5.13. The average Bonchev–Trinajstić information content (AvgIpc) is 3.11. The smallest absolute Gasteiger partial charge is 0.322 e. The highest BCUT2D eigenvalue weighted by molar-refractivity contribution is 6.03. The number of rotatable bonds is 6. The quantitative estimate of drug-likeness (QED) is 0.532. The molecule has 9 heteroatoms. The van der Waals surface area contributed by atoms with Crippen molar-refractivity contribution in [2.45, 2.75) is 6.92 Å². The molecule has 0 saturated heterocycles. The van der Waals surface area contributed by atoms with E-state index in [0.717, 1.165) is 5.75 Å². The van der Waals surface area contributed by atoms with E-state index in [1.54, 1.807) is 24.3 Å². The van der Waals surface area contributed by atoms with Gasteiger partial charge in [0.2, 0.25) is 5.89 Å². The number of nitro benzene ring substituents is 1. The molecule has 0 bridgehead atoms. The highest BCUT2D eigenvalue weighted by Gasteiger charge is 2.14. The van der Waals surface area contributed by atoms with Crippen LogP contribution < -0.4 is 10.1 Å². The van der Waals surface area contributed by atoms with Gasteiger partial charge in [-0.15, -0.1) is 5.10 Å². The van der Waals surface area contributed by atoms with Gasteiger partial charge >= 0.3 is 6.01 Å². The van der Waals surface area contributed by atoms with Crippen LogP contribution in [-0.4, -0.2) is 27.6 Å². The van der Waals surface area contributed by atoms with Crippen LogP contribution in [0.5, 0.6) is 5.75 Å². The van der Waals surface area contributed by atoms with Crippen molar-refractivity contribution in [2.75, 3.05) is 11.9 Å². The van der Waals surface area contributed by atoms with Gasteiger partial charge in [0.1, 0.15) is 5.75 Å². The fourth-order valence-electron chi connectivity index (χ4n) is 2.15. The number of non-ortho nitro benzene ring substituents is 1. The molecule has 1 amide bonds. The minimum atomic E-state index is -0.539. The molecule has 1 heterocycles. The number of anilines is 1. The van der Waals surface area contributed by atoms with E-state index in [9.17, 15) is 14.9 Å². The maximum Gasteiger partial charge on any atom is 0.322 e. The Morgan fingerprint density at radius 2 is 1.85 bits per heavy atom. The fraction of sp³-hybridized carbons (Fsp3) is 0.118. The zero-order chi connectivity index (χ0) is 18.5. The van der Waals surface area contributed by atoms with Crippen LogP contribution in [0.4, 0.5) is 11.7 Å². The molecule has 0 fully saturated rings. The van der Waals surface area contributed by atoms with Gasteiger partial charge in [0, 0.05) is 23.3 Å². The Morgan fingerprint density at radius 1 is 1.15 bits per heavy atom. The lowest BCUT2D eigenvalue weighted by Gasteiger charge is -2.02. The summed E-state index contributed by atoms with van der Waals surface area (Å²) in [6.45, 7) is 2.46. The van der Waals surface area contributed by atoms with Crippen LogP contribution in [0.25, 0.3) is 11.5 Å². The standard InChI is InChI=1S/C17H14N4O5/c1-2-25-14-9-5-12(6-10-14)16-19-20-17(26-16)18-15(22)11-3-7-13(8-4-11)21(23)24/h3-10H,2H2,1H3,(H,18,20,22). The summed E-state index contributed by atoms with van der Waals surface area (Å²) in [5, 5.41) is 20.7. The largest absolute Gasteiger partial charge is 0.494 e. The Balaban J connectivity index is 1.69. The number of nitrogens with one attached hydrogen (secondary N) is 1. The molecule has 0 aliphatic rings. The highest BCUT2D eigenvalue weighted by atomic mass is 16.6. The molecule has 3 rings (SSSR count). The topological polar surface area (TPSA) is 120 Å². The van der Waals surface area contributed by atoms with Crippen LogP contribution in [0, 0.1) is 10.1 Å². The summed E-state index contributed by atoms with van der Waals surface area (Å²) in [5.41, 5.74) is 0.810. The molecule has 132 valence electrons. The third-order valence-corrected chi connectivity index (χ3v) is 3.40. The third kappa shape index (κ3) is 3.83. The van der Waals surface area contributed by atoms with Gasteiger partial charge in [-0.05, 0) is 43.3 Å². The number of ether oxygens (including phenoxy) is 1. The molecule has 1 N–H and O–H groups in total. The molecule has 2 aromatic carbocycles. The summed E-state index contributed by atoms with van der Waals surface area (Å²) >= 11 is 0. The SMILES string of the molecule is CCOc1ccc(-c2nnc(NC(=O)c3ccc([N+](=O)[O-])cc3)o2)cc1.